The number of aliphatic hydroxyl groups is 1. The summed E-state index contributed by atoms with van der Waals surface area (Å²) in [4.78, 5) is 0. The zero-order chi connectivity index (χ0) is 15.1. The average molecular weight is 289 g/mol. The molecule has 0 aromatic heterocycles. The Kier molecular flexibility index (Phi) is 5.72. The molecule has 3 nitrogen and oxygen atoms in total. The zero-order valence-corrected chi connectivity index (χ0v) is 12.1. The van der Waals surface area contributed by atoms with Gasteiger partial charge >= 0.3 is 0 Å². The highest BCUT2D eigenvalue weighted by Crippen LogP contribution is 2.18. The van der Waals surface area contributed by atoms with E-state index in [0.717, 1.165) is 11.3 Å². The second kappa shape index (κ2) is 7.76. The summed E-state index contributed by atoms with van der Waals surface area (Å²) in [5.41, 5.74) is 1.74. The van der Waals surface area contributed by atoms with Gasteiger partial charge in [0, 0.05) is 18.7 Å². The quantitative estimate of drug-likeness (QED) is 0.823. The lowest BCUT2D eigenvalue weighted by Crippen LogP contribution is -2.21. The molecule has 4 heteroatoms. The van der Waals surface area contributed by atoms with Crippen molar-refractivity contribution >= 4 is 0 Å². The third-order valence-corrected chi connectivity index (χ3v) is 3.18. The molecule has 1 atom stereocenters. The van der Waals surface area contributed by atoms with Crippen LogP contribution in [0.3, 0.4) is 0 Å². The van der Waals surface area contributed by atoms with Crippen LogP contribution in [0.1, 0.15) is 24.2 Å². The fraction of sp³-hybridized carbons (Fsp3) is 0.294. The lowest BCUT2D eigenvalue weighted by molar-refractivity contribution is 0.174. The molecule has 112 valence electrons. The smallest absolute Gasteiger partial charge is 0.123 e. The van der Waals surface area contributed by atoms with Crippen molar-refractivity contribution in [3.05, 3.63) is 65.5 Å². The molecule has 2 aromatic rings. The molecule has 0 bridgehead atoms. The first kappa shape index (κ1) is 15.5. The van der Waals surface area contributed by atoms with Gasteiger partial charge in [0.25, 0.3) is 0 Å². The van der Waals surface area contributed by atoms with Crippen LogP contribution in [0, 0.1) is 5.82 Å². The standard InChI is InChI=1S/C17H20FNO2/c1-2-21-17-6-4-3-5-14(17)11-19-12-16(20)13-7-9-15(18)10-8-13/h3-10,16,19-20H,2,11-12H2,1H3. The summed E-state index contributed by atoms with van der Waals surface area (Å²) in [6.45, 7) is 3.57. The van der Waals surface area contributed by atoms with Gasteiger partial charge in [0.1, 0.15) is 11.6 Å². The Morgan fingerprint density at radius 1 is 1.14 bits per heavy atom. The van der Waals surface area contributed by atoms with Gasteiger partial charge in [-0.2, -0.15) is 0 Å². The van der Waals surface area contributed by atoms with Gasteiger partial charge in [-0.25, -0.2) is 4.39 Å². The van der Waals surface area contributed by atoms with Crippen LogP contribution >= 0.6 is 0 Å². The number of para-hydroxylation sites is 1. The van der Waals surface area contributed by atoms with E-state index in [2.05, 4.69) is 5.32 Å². The van der Waals surface area contributed by atoms with Gasteiger partial charge in [0.15, 0.2) is 0 Å². The summed E-state index contributed by atoms with van der Waals surface area (Å²) in [6, 6.07) is 13.7. The van der Waals surface area contributed by atoms with Crippen LogP contribution in [-0.2, 0) is 6.54 Å². The molecule has 0 heterocycles. The van der Waals surface area contributed by atoms with Crippen molar-refractivity contribution < 1.29 is 14.2 Å². The third kappa shape index (κ3) is 4.55. The van der Waals surface area contributed by atoms with Gasteiger partial charge in [-0.1, -0.05) is 30.3 Å². The number of hydrogen-bond donors (Lipinski definition) is 2. The van der Waals surface area contributed by atoms with Crippen molar-refractivity contribution in [1.82, 2.24) is 5.32 Å². The largest absolute Gasteiger partial charge is 0.494 e. The topological polar surface area (TPSA) is 41.5 Å². The molecule has 2 N–H and O–H groups in total. The molecule has 0 radical (unpaired) electrons. The van der Waals surface area contributed by atoms with Crippen LogP contribution in [0.15, 0.2) is 48.5 Å². The van der Waals surface area contributed by atoms with E-state index in [4.69, 9.17) is 4.74 Å². The number of ether oxygens (including phenoxy) is 1. The van der Waals surface area contributed by atoms with E-state index in [0.29, 0.717) is 25.3 Å². The normalized spacial score (nSPS) is 12.1. The summed E-state index contributed by atoms with van der Waals surface area (Å²) in [6.07, 6.45) is -0.662. The maximum Gasteiger partial charge on any atom is 0.123 e. The van der Waals surface area contributed by atoms with Crippen molar-refractivity contribution in [2.75, 3.05) is 13.2 Å². The lowest BCUT2D eigenvalue weighted by Gasteiger charge is -2.14. The van der Waals surface area contributed by atoms with Crippen molar-refractivity contribution in [2.24, 2.45) is 0 Å². The van der Waals surface area contributed by atoms with Crippen LogP contribution in [0.2, 0.25) is 0 Å². The first-order valence-corrected chi connectivity index (χ1v) is 7.05. The Hall–Kier alpha value is -1.91. The predicted molar refractivity (Wildman–Crippen MR) is 80.7 cm³/mol. The molecule has 0 amide bonds. The van der Waals surface area contributed by atoms with Gasteiger partial charge in [-0.05, 0) is 30.7 Å². The van der Waals surface area contributed by atoms with Gasteiger partial charge in [-0.3, -0.25) is 0 Å². The van der Waals surface area contributed by atoms with Gasteiger partial charge in [0.05, 0.1) is 12.7 Å². The summed E-state index contributed by atoms with van der Waals surface area (Å²) in [7, 11) is 0. The van der Waals surface area contributed by atoms with E-state index in [1.165, 1.54) is 12.1 Å². The molecular weight excluding hydrogens is 269 g/mol. The number of hydrogen-bond acceptors (Lipinski definition) is 3. The second-order valence-electron chi connectivity index (χ2n) is 4.74. The average Bonchev–Trinajstić information content (AvgIpc) is 2.50. The monoisotopic (exact) mass is 289 g/mol. The molecule has 2 aromatic carbocycles. The van der Waals surface area contributed by atoms with E-state index in [9.17, 15) is 9.50 Å². The molecular formula is C17H20FNO2. The summed E-state index contributed by atoms with van der Waals surface area (Å²) in [5.74, 6) is 0.549. The molecule has 21 heavy (non-hydrogen) atoms. The van der Waals surface area contributed by atoms with E-state index in [1.807, 2.05) is 31.2 Å². The Labute approximate surface area is 124 Å². The van der Waals surface area contributed by atoms with Crippen molar-refractivity contribution in [3.63, 3.8) is 0 Å². The Morgan fingerprint density at radius 2 is 1.86 bits per heavy atom. The molecule has 0 saturated carbocycles. The minimum absolute atomic E-state index is 0.301. The van der Waals surface area contributed by atoms with Gasteiger partial charge in [0.2, 0.25) is 0 Å². The first-order valence-electron chi connectivity index (χ1n) is 7.05. The van der Waals surface area contributed by atoms with Crippen molar-refractivity contribution in [2.45, 2.75) is 19.6 Å². The fourth-order valence-corrected chi connectivity index (χ4v) is 2.09. The minimum Gasteiger partial charge on any atom is -0.494 e. The number of nitrogens with one attached hydrogen (secondary N) is 1. The Morgan fingerprint density at radius 3 is 2.57 bits per heavy atom. The van der Waals surface area contributed by atoms with Gasteiger partial charge < -0.3 is 15.2 Å². The van der Waals surface area contributed by atoms with E-state index >= 15 is 0 Å². The van der Waals surface area contributed by atoms with Crippen LogP contribution < -0.4 is 10.1 Å². The molecule has 0 fully saturated rings. The number of halogens is 1. The fourth-order valence-electron chi connectivity index (χ4n) is 2.09. The predicted octanol–water partition coefficient (Wildman–Crippen LogP) is 3.05. The maximum atomic E-state index is 12.8. The minimum atomic E-state index is -0.662. The molecule has 1 unspecified atom stereocenters. The molecule has 0 aliphatic carbocycles. The second-order valence-corrected chi connectivity index (χ2v) is 4.74. The van der Waals surface area contributed by atoms with Crippen molar-refractivity contribution in [1.29, 1.82) is 0 Å². The highest BCUT2D eigenvalue weighted by molar-refractivity contribution is 5.33. The number of rotatable bonds is 7. The lowest BCUT2D eigenvalue weighted by atomic mass is 10.1. The first-order chi connectivity index (χ1) is 10.2. The van der Waals surface area contributed by atoms with Crippen LogP contribution in [0.25, 0.3) is 0 Å². The molecule has 0 aliphatic rings. The summed E-state index contributed by atoms with van der Waals surface area (Å²) >= 11 is 0. The molecule has 0 aliphatic heterocycles. The van der Waals surface area contributed by atoms with E-state index in [1.54, 1.807) is 12.1 Å². The Bertz CT molecular complexity index is 557. The summed E-state index contributed by atoms with van der Waals surface area (Å²) in [5, 5.41) is 13.2. The molecule has 2 rings (SSSR count). The van der Waals surface area contributed by atoms with Crippen molar-refractivity contribution in [3.8, 4) is 5.75 Å². The Balaban J connectivity index is 1.88. The molecule has 0 saturated heterocycles. The maximum absolute atomic E-state index is 12.8. The van der Waals surface area contributed by atoms with Crippen LogP contribution in [0.4, 0.5) is 4.39 Å². The van der Waals surface area contributed by atoms with Crippen LogP contribution in [0.5, 0.6) is 5.75 Å². The summed E-state index contributed by atoms with van der Waals surface area (Å²) < 4.78 is 18.4. The van der Waals surface area contributed by atoms with E-state index in [-0.39, 0.29) is 5.82 Å². The SMILES string of the molecule is CCOc1ccccc1CNCC(O)c1ccc(F)cc1. The highest BCUT2D eigenvalue weighted by Gasteiger charge is 2.08. The molecule has 0 spiro atoms. The highest BCUT2D eigenvalue weighted by atomic mass is 19.1. The zero-order valence-electron chi connectivity index (χ0n) is 12.1. The van der Waals surface area contributed by atoms with E-state index < -0.39 is 6.10 Å². The van der Waals surface area contributed by atoms with Gasteiger partial charge in [-0.15, -0.1) is 0 Å². The van der Waals surface area contributed by atoms with Crippen LogP contribution in [-0.4, -0.2) is 18.3 Å². The number of aliphatic hydroxyl groups excluding tert-OH is 1. The third-order valence-electron chi connectivity index (χ3n) is 3.18. The number of benzene rings is 2.